The molecule has 0 bridgehead atoms. The maximum atomic E-state index is 12.0. The molecule has 30 heavy (non-hydrogen) atoms. The van der Waals surface area contributed by atoms with Crippen molar-refractivity contribution in [3.8, 4) is 0 Å². The average molecular weight is 435 g/mol. The molecule has 11 heteroatoms. The Kier molecular flexibility index (Phi) is 5.65. The van der Waals surface area contributed by atoms with Gasteiger partial charge < -0.3 is 15.4 Å². The molecule has 0 radical (unpaired) electrons. The number of carbonyl (C=O) groups excluding carboxylic acids is 1. The van der Waals surface area contributed by atoms with Crippen LogP contribution >= 0.6 is 0 Å². The number of anilines is 2. The number of ether oxygens (including phenoxy) is 1. The monoisotopic (exact) mass is 434 g/mol. The third kappa shape index (κ3) is 4.41. The molecular weight excluding hydrogens is 408 g/mol. The van der Waals surface area contributed by atoms with E-state index in [1.54, 1.807) is 0 Å². The second-order valence-corrected chi connectivity index (χ2v) is 9.71. The van der Waals surface area contributed by atoms with Crippen molar-refractivity contribution in [3.05, 3.63) is 29.6 Å². The van der Waals surface area contributed by atoms with Gasteiger partial charge in [0, 0.05) is 42.0 Å². The lowest BCUT2D eigenvalue weighted by Crippen LogP contribution is -2.34. The van der Waals surface area contributed by atoms with Gasteiger partial charge in [-0.2, -0.15) is 5.10 Å². The van der Waals surface area contributed by atoms with Crippen LogP contribution in [0.1, 0.15) is 56.7 Å². The van der Waals surface area contributed by atoms with E-state index in [0.717, 1.165) is 31.4 Å². The highest BCUT2D eigenvalue weighted by Crippen LogP contribution is 2.35. The molecule has 1 saturated carbocycles. The summed E-state index contributed by atoms with van der Waals surface area (Å²) >= 11 is 0. The number of H-pyrrole nitrogens is 1. The molecule has 1 fully saturated rings. The van der Waals surface area contributed by atoms with Gasteiger partial charge in [-0.25, -0.2) is 22.9 Å². The van der Waals surface area contributed by atoms with Gasteiger partial charge in [-0.1, -0.05) is 0 Å². The second kappa shape index (κ2) is 8.23. The fourth-order valence-corrected chi connectivity index (χ4v) is 5.12. The quantitative estimate of drug-likeness (QED) is 0.567. The Bertz CT molecular complexity index is 1030. The van der Waals surface area contributed by atoms with Crippen molar-refractivity contribution >= 4 is 27.8 Å². The van der Waals surface area contributed by atoms with Crippen LogP contribution in [0.25, 0.3) is 0 Å². The molecule has 0 saturated heterocycles. The SMILES string of the molecule is CC(C)NC(=O)OC1CCC(c2cc(Nc3nccc4c3CNS4(=O)=O)n[nH]2)CC1. The van der Waals surface area contributed by atoms with E-state index in [4.69, 9.17) is 4.74 Å². The lowest BCUT2D eigenvalue weighted by atomic mass is 9.85. The van der Waals surface area contributed by atoms with Gasteiger partial charge in [0.05, 0.1) is 4.90 Å². The van der Waals surface area contributed by atoms with E-state index in [1.165, 1.54) is 12.3 Å². The first-order valence-corrected chi connectivity index (χ1v) is 11.6. The van der Waals surface area contributed by atoms with Crippen molar-refractivity contribution in [1.82, 2.24) is 25.2 Å². The normalized spacial score (nSPS) is 22.5. The summed E-state index contributed by atoms with van der Waals surface area (Å²) in [5.41, 5.74) is 1.61. The van der Waals surface area contributed by atoms with Gasteiger partial charge >= 0.3 is 6.09 Å². The minimum atomic E-state index is -3.45. The van der Waals surface area contributed by atoms with Gasteiger partial charge in [0.1, 0.15) is 11.9 Å². The van der Waals surface area contributed by atoms with Crippen LogP contribution in [0.5, 0.6) is 0 Å². The fourth-order valence-electron chi connectivity index (χ4n) is 3.89. The minimum absolute atomic E-state index is 0.0565. The van der Waals surface area contributed by atoms with Crippen molar-refractivity contribution in [3.63, 3.8) is 0 Å². The van der Waals surface area contributed by atoms with Crippen LogP contribution in [-0.4, -0.2) is 41.8 Å². The number of rotatable bonds is 5. The summed E-state index contributed by atoms with van der Waals surface area (Å²) in [6.07, 6.45) is 4.43. The highest BCUT2D eigenvalue weighted by Gasteiger charge is 2.29. The van der Waals surface area contributed by atoms with Gasteiger partial charge in [0.15, 0.2) is 5.82 Å². The molecule has 0 unspecified atom stereocenters. The Balaban J connectivity index is 1.36. The van der Waals surface area contributed by atoms with E-state index in [1.807, 2.05) is 19.9 Å². The Morgan fingerprint density at radius 1 is 1.27 bits per heavy atom. The van der Waals surface area contributed by atoms with Crippen LogP contribution in [0.3, 0.4) is 0 Å². The third-order valence-electron chi connectivity index (χ3n) is 5.38. The van der Waals surface area contributed by atoms with Gasteiger partial charge in [-0.15, -0.1) is 0 Å². The topological polar surface area (TPSA) is 138 Å². The van der Waals surface area contributed by atoms with E-state index < -0.39 is 10.0 Å². The van der Waals surface area contributed by atoms with Crippen LogP contribution in [0.2, 0.25) is 0 Å². The summed E-state index contributed by atoms with van der Waals surface area (Å²) in [5, 5.41) is 13.2. The molecule has 4 N–H and O–H groups in total. The molecule has 1 aliphatic carbocycles. The number of carbonyl (C=O) groups is 1. The summed E-state index contributed by atoms with van der Waals surface area (Å²) in [6.45, 7) is 4.01. The minimum Gasteiger partial charge on any atom is -0.446 e. The zero-order chi connectivity index (χ0) is 21.3. The van der Waals surface area contributed by atoms with Crippen LogP contribution in [-0.2, 0) is 21.3 Å². The molecule has 10 nitrogen and oxygen atoms in total. The first-order chi connectivity index (χ1) is 14.3. The lowest BCUT2D eigenvalue weighted by molar-refractivity contribution is 0.0697. The molecule has 2 aromatic rings. The number of sulfonamides is 1. The van der Waals surface area contributed by atoms with Crippen molar-refractivity contribution in [2.75, 3.05) is 5.32 Å². The maximum Gasteiger partial charge on any atom is 0.407 e. The van der Waals surface area contributed by atoms with Gasteiger partial charge in [0.2, 0.25) is 10.0 Å². The van der Waals surface area contributed by atoms with Crippen LogP contribution in [0.4, 0.5) is 16.4 Å². The van der Waals surface area contributed by atoms with Gasteiger partial charge in [-0.05, 0) is 45.6 Å². The predicted molar refractivity (Wildman–Crippen MR) is 110 cm³/mol. The largest absolute Gasteiger partial charge is 0.446 e. The third-order valence-corrected chi connectivity index (χ3v) is 6.87. The molecule has 0 aromatic carbocycles. The van der Waals surface area contributed by atoms with Crippen LogP contribution in [0, 0.1) is 0 Å². The van der Waals surface area contributed by atoms with Crippen molar-refractivity contribution < 1.29 is 17.9 Å². The molecule has 2 aromatic heterocycles. The Morgan fingerprint density at radius 3 is 2.77 bits per heavy atom. The lowest BCUT2D eigenvalue weighted by Gasteiger charge is -2.27. The van der Waals surface area contributed by atoms with Crippen LogP contribution in [0.15, 0.2) is 23.2 Å². The Hall–Kier alpha value is -2.66. The van der Waals surface area contributed by atoms with E-state index in [2.05, 4.69) is 30.5 Å². The van der Waals surface area contributed by atoms with Crippen molar-refractivity contribution in [1.29, 1.82) is 0 Å². The molecule has 1 aliphatic heterocycles. The molecule has 4 rings (SSSR count). The Morgan fingerprint density at radius 2 is 2.03 bits per heavy atom. The molecule has 3 heterocycles. The van der Waals surface area contributed by atoms with Crippen molar-refractivity contribution in [2.24, 2.45) is 0 Å². The first kappa shape index (κ1) is 20.6. The molecule has 0 spiro atoms. The maximum absolute atomic E-state index is 12.0. The summed E-state index contributed by atoms with van der Waals surface area (Å²) in [7, 11) is -3.45. The zero-order valence-electron chi connectivity index (χ0n) is 16.9. The average Bonchev–Trinajstić information content (AvgIpc) is 3.27. The summed E-state index contributed by atoms with van der Waals surface area (Å²) < 4.78 is 32.0. The van der Waals surface area contributed by atoms with E-state index in [0.29, 0.717) is 23.1 Å². The number of hydrogen-bond acceptors (Lipinski definition) is 7. The molecule has 2 aliphatic rings. The number of pyridine rings is 1. The van der Waals surface area contributed by atoms with Gasteiger partial charge in [-0.3, -0.25) is 5.10 Å². The molecule has 0 atom stereocenters. The number of fused-ring (bicyclic) bond motifs is 1. The van der Waals surface area contributed by atoms with E-state index in [9.17, 15) is 13.2 Å². The molecule has 162 valence electrons. The highest BCUT2D eigenvalue weighted by atomic mass is 32.2. The number of nitrogens with zero attached hydrogens (tertiary/aromatic N) is 2. The van der Waals surface area contributed by atoms with Crippen molar-refractivity contribution in [2.45, 2.75) is 69.0 Å². The van der Waals surface area contributed by atoms with E-state index >= 15 is 0 Å². The number of hydrogen-bond donors (Lipinski definition) is 4. The molecular formula is C19H26N6O4S. The highest BCUT2D eigenvalue weighted by molar-refractivity contribution is 7.89. The predicted octanol–water partition coefficient (Wildman–Crippen LogP) is 2.50. The van der Waals surface area contributed by atoms with Crippen LogP contribution < -0.4 is 15.4 Å². The van der Waals surface area contributed by atoms with E-state index in [-0.39, 0.29) is 29.7 Å². The number of nitrogens with one attached hydrogen (secondary N) is 4. The van der Waals surface area contributed by atoms with Gasteiger partial charge in [0.25, 0.3) is 0 Å². The zero-order valence-corrected chi connectivity index (χ0v) is 17.8. The first-order valence-electron chi connectivity index (χ1n) is 10.1. The summed E-state index contributed by atoms with van der Waals surface area (Å²) in [4.78, 5) is 16.3. The smallest absolute Gasteiger partial charge is 0.407 e. The second-order valence-electron chi connectivity index (χ2n) is 7.97. The Labute approximate surface area is 175 Å². The standard InChI is InChI=1S/C19H26N6O4S/c1-11(2)22-19(26)29-13-5-3-12(4-6-13)15-9-17(25-24-15)23-18-14-10-21-30(27,28)16(14)7-8-20-18/h7-9,11-13,21H,3-6,10H2,1-2H3,(H,22,26)(H2,20,23,24,25). The summed E-state index contributed by atoms with van der Waals surface area (Å²) in [6, 6.07) is 3.48. The summed E-state index contributed by atoms with van der Waals surface area (Å²) in [5.74, 6) is 1.37. The fraction of sp³-hybridized carbons (Fsp3) is 0.526. The number of alkyl carbamates (subject to hydrolysis) is 1. The number of aromatic amines is 1. The molecule has 1 amide bonds. The number of aromatic nitrogens is 3. The number of amides is 1.